The van der Waals surface area contributed by atoms with E-state index in [0.717, 1.165) is 11.5 Å². The number of rotatable bonds is 1. The first-order valence-electron chi connectivity index (χ1n) is 5.17. The van der Waals surface area contributed by atoms with Crippen LogP contribution in [-0.2, 0) is 4.79 Å². The maximum atomic E-state index is 11.1. The fourth-order valence-electron chi connectivity index (χ4n) is 3.15. The van der Waals surface area contributed by atoms with E-state index < -0.39 is 18.1 Å². The molecule has 0 aliphatic carbocycles. The van der Waals surface area contributed by atoms with E-state index in [9.17, 15) is 9.59 Å². The monoisotopic (exact) mass is 244 g/mol. The largest absolute Gasteiger partial charge is 0.480 e. The SMILES string of the molecule is O=C(O)C1C2CSCC3C2N1CN3C(=O)O. The van der Waals surface area contributed by atoms with Crippen LogP contribution < -0.4 is 0 Å². The zero-order chi connectivity index (χ0) is 11.4. The molecule has 3 heterocycles. The summed E-state index contributed by atoms with van der Waals surface area (Å²) >= 11 is 1.66. The van der Waals surface area contributed by atoms with Crippen LogP contribution in [0, 0.1) is 5.92 Å². The topological polar surface area (TPSA) is 81.1 Å². The fourth-order valence-corrected chi connectivity index (χ4v) is 4.55. The molecule has 0 radical (unpaired) electrons. The van der Waals surface area contributed by atoms with Gasteiger partial charge in [0.25, 0.3) is 0 Å². The maximum absolute atomic E-state index is 11.1. The van der Waals surface area contributed by atoms with Crippen LogP contribution >= 0.6 is 11.8 Å². The molecule has 0 aromatic rings. The predicted octanol–water partition coefficient (Wildman–Crippen LogP) is -0.193. The number of carbonyl (C=O) groups is 2. The highest BCUT2D eigenvalue weighted by molar-refractivity contribution is 7.99. The Morgan fingerprint density at radius 3 is 2.62 bits per heavy atom. The van der Waals surface area contributed by atoms with Gasteiger partial charge >= 0.3 is 12.1 Å². The summed E-state index contributed by atoms with van der Waals surface area (Å²) in [4.78, 5) is 25.3. The molecule has 3 saturated heterocycles. The normalized spacial score (nSPS) is 41.4. The summed E-state index contributed by atoms with van der Waals surface area (Å²) in [6, 6.07) is -0.361. The Morgan fingerprint density at radius 2 is 2.00 bits per heavy atom. The lowest BCUT2D eigenvalue weighted by molar-refractivity contribution is -0.156. The number of carboxylic acid groups (broad SMARTS) is 2. The zero-order valence-electron chi connectivity index (χ0n) is 8.44. The third-order valence-electron chi connectivity index (χ3n) is 3.79. The molecule has 88 valence electrons. The molecule has 0 bridgehead atoms. The van der Waals surface area contributed by atoms with E-state index in [1.165, 1.54) is 4.90 Å². The maximum Gasteiger partial charge on any atom is 0.408 e. The van der Waals surface area contributed by atoms with Gasteiger partial charge in [-0.05, 0) is 5.75 Å². The van der Waals surface area contributed by atoms with E-state index in [1.807, 2.05) is 4.90 Å². The van der Waals surface area contributed by atoms with Gasteiger partial charge in [0.15, 0.2) is 0 Å². The summed E-state index contributed by atoms with van der Waals surface area (Å²) in [5.74, 6) is 0.915. The van der Waals surface area contributed by atoms with E-state index >= 15 is 0 Å². The van der Waals surface area contributed by atoms with Crippen LogP contribution in [-0.4, -0.2) is 68.4 Å². The Labute approximate surface area is 96.2 Å². The summed E-state index contributed by atoms with van der Waals surface area (Å²) in [7, 11) is 0. The summed E-state index contributed by atoms with van der Waals surface area (Å²) in [6.45, 7) is 0.249. The molecule has 3 aliphatic rings. The highest BCUT2D eigenvalue weighted by atomic mass is 32.2. The van der Waals surface area contributed by atoms with Crippen molar-refractivity contribution in [1.82, 2.24) is 9.80 Å². The number of hydrogen-bond acceptors (Lipinski definition) is 4. The van der Waals surface area contributed by atoms with Gasteiger partial charge in [0.05, 0.1) is 12.7 Å². The van der Waals surface area contributed by atoms with Gasteiger partial charge in [-0.2, -0.15) is 11.8 Å². The summed E-state index contributed by atoms with van der Waals surface area (Å²) in [5.41, 5.74) is 0. The number of amides is 1. The van der Waals surface area contributed by atoms with Gasteiger partial charge < -0.3 is 10.2 Å². The molecule has 4 unspecified atom stereocenters. The van der Waals surface area contributed by atoms with Gasteiger partial charge in [-0.3, -0.25) is 14.6 Å². The van der Waals surface area contributed by atoms with Crippen LogP contribution in [0.2, 0.25) is 0 Å². The molecule has 16 heavy (non-hydrogen) atoms. The van der Waals surface area contributed by atoms with Crippen LogP contribution in [0.1, 0.15) is 0 Å². The minimum Gasteiger partial charge on any atom is -0.480 e. The van der Waals surface area contributed by atoms with E-state index in [0.29, 0.717) is 0 Å². The average Bonchev–Trinajstić information content (AvgIpc) is 2.53. The average molecular weight is 244 g/mol. The second-order valence-electron chi connectivity index (χ2n) is 4.45. The van der Waals surface area contributed by atoms with Crippen LogP contribution in [0.3, 0.4) is 0 Å². The standard InChI is InChI=1S/C9H12N2O4S/c12-8(13)7-4-1-16-2-5-6(4)11(7)3-10(5)9(14)15/h4-7H,1-3H2,(H,12,13)(H,14,15). The zero-order valence-corrected chi connectivity index (χ0v) is 9.26. The lowest BCUT2D eigenvalue weighted by Crippen LogP contribution is -2.69. The van der Waals surface area contributed by atoms with Crippen molar-refractivity contribution in [3.8, 4) is 0 Å². The number of hydrogen-bond donors (Lipinski definition) is 2. The Hall–Kier alpha value is -0.950. The fraction of sp³-hybridized carbons (Fsp3) is 0.778. The Kier molecular flexibility index (Phi) is 2.09. The Bertz CT molecular complexity index is 351. The van der Waals surface area contributed by atoms with Crippen molar-refractivity contribution in [1.29, 1.82) is 0 Å². The molecule has 4 atom stereocenters. The Balaban J connectivity index is 1.87. The first kappa shape index (κ1) is 10.2. The van der Waals surface area contributed by atoms with Gasteiger partial charge in [0.2, 0.25) is 0 Å². The summed E-state index contributed by atoms with van der Waals surface area (Å²) in [6.07, 6.45) is -0.940. The first-order valence-corrected chi connectivity index (χ1v) is 6.32. The number of thioether (sulfide) groups is 1. The van der Waals surface area contributed by atoms with E-state index in [1.54, 1.807) is 11.8 Å². The second-order valence-corrected chi connectivity index (χ2v) is 5.53. The molecule has 3 aliphatic heterocycles. The van der Waals surface area contributed by atoms with Gasteiger partial charge in [0.1, 0.15) is 6.04 Å². The van der Waals surface area contributed by atoms with Crippen molar-refractivity contribution in [3.05, 3.63) is 0 Å². The van der Waals surface area contributed by atoms with Crippen molar-refractivity contribution in [2.75, 3.05) is 18.2 Å². The van der Waals surface area contributed by atoms with Gasteiger partial charge in [-0.1, -0.05) is 0 Å². The number of nitrogens with zero attached hydrogens (tertiary/aromatic N) is 2. The highest BCUT2D eigenvalue weighted by Crippen LogP contribution is 2.46. The minimum atomic E-state index is -0.940. The molecule has 0 aromatic carbocycles. The number of aliphatic carboxylic acids is 1. The van der Waals surface area contributed by atoms with Gasteiger partial charge in [-0.25, -0.2) is 4.79 Å². The van der Waals surface area contributed by atoms with Gasteiger partial charge in [-0.15, -0.1) is 0 Å². The molecule has 1 amide bonds. The van der Waals surface area contributed by atoms with E-state index in [4.69, 9.17) is 10.2 Å². The van der Waals surface area contributed by atoms with Crippen LogP contribution in [0.5, 0.6) is 0 Å². The van der Waals surface area contributed by atoms with Crippen molar-refractivity contribution in [2.24, 2.45) is 5.92 Å². The van der Waals surface area contributed by atoms with Crippen molar-refractivity contribution >= 4 is 23.8 Å². The molecule has 6 nitrogen and oxygen atoms in total. The van der Waals surface area contributed by atoms with Crippen molar-refractivity contribution in [2.45, 2.75) is 18.1 Å². The lowest BCUT2D eigenvalue weighted by Gasteiger charge is -2.52. The van der Waals surface area contributed by atoms with Crippen molar-refractivity contribution in [3.63, 3.8) is 0 Å². The molecule has 0 saturated carbocycles. The van der Waals surface area contributed by atoms with Gasteiger partial charge in [0, 0.05) is 17.7 Å². The van der Waals surface area contributed by atoms with Crippen LogP contribution in [0.25, 0.3) is 0 Å². The highest BCUT2D eigenvalue weighted by Gasteiger charge is 2.62. The van der Waals surface area contributed by atoms with E-state index in [2.05, 4.69) is 0 Å². The van der Waals surface area contributed by atoms with Crippen LogP contribution in [0.15, 0.2) is 0 Å². The van der Waals surface area contributed by atoms with E-state index in [-0.39, 0.29) is 24.7 Å². The third-order valence-corrected chi connectivity index (χ3v) is 4.99. The van der Waals surface area contributed by atoms with Crippen LogP contribution in [0.4, 0.5) is 4.79 Å². The molecular formula is C9H12N2O4S. The van der Waals surface area contributed by atoms with Crippen molar-refractivity contribution < 1.29 is 19.8 Å². The lowest BCUT2D eigenvalue weighted by atomic mass is 9.79. The first-order chi connectivity index (χ1) is 7.61. The molecule has 2 N–H and O–H groups in total. The molecule has 3 fully saturated rings. The quantitative estimate of drug-likeness (QED) is 0.665. The minimum absolute atomic E-state index is 0.0168. The summed E-state index contributed by atoms with van der Waals surface area (Å²) in [5, 5.41) is 18.2. The molecular weight excluding hydrogens is 232 g/mol. The Morgan fingerprint density at radius 1 is 1.25 bits per heavy atom. The second kappa shape index (κ2) is 3.27. The molecule has 3 rings (SSSR count). The predicted molar refractivity (Wildman–Crippen MR) is 56.4 cm³/mol. The number of carboxylic acids is 1. The molecule has 0 aromatic heterocycles. The summed E-state index contributed by atoms with van der Waals surface area (Å²) < 4.78 is 0. The molecule has 7 heteroatoms. The third kappa shape index (κ3) is 1.12. The smallest absolute Gasteiger partial charge is 0.408 e. The molecule has 0 spiro atoms.